The van der Waals surface area contributed by atoms with Crippen LogP contribution in [-0.4, -0.2) is 77.6 Å². The van der Waals surface area contributed by atoms with Gasteiger partial charge in [0.15, 0.2) is 0 Å². The molecule has 9 nitrogen and oxygen atoms in total. The largest absolute Gasteiger partial charge is 0.444 e. The molecule has 1 aromatic carbocycles. The van der Waals surface area contributed by atoms with Gasteiger partial charge in [0.05, 0.1) is 22.9 Å². The van der Waals surface area contributed by atoms with Gasteiger partial charge in [-0.3, -0.25) is 9.88 Å². The molecule has 0 spiro atoms. The fourth-order valence-corrected chi connectivity index (χ4v) is 5.90. The van der Waals surface area contributed by atoms with Crippen LogP contribution < -0.4 is 15.5 Å². The molecule has 2 aromatic rings. The highest BCUT2D eigenvalue weighted by Gasteiger charge is 2.41. The number of amides is 1. The number of nitrogens with one attached hydrogen (secondary N) is 3. The van der Waals surface area contributed by atoms with Crippen LogP contribution in [0.15, 0.2) is 30.6 Å². The van der Waals surface area contributed by atoms with Crippen LogP contribution in [-0.2, 0) is 4.74 Å². The van der Waals surface area contributed by atoms with Gasteiger partial charge in [0, 0.05) is 61.4 Å². The smallest absolute Gasteiger partial charge is 0.407 e. The van der Waals surface area contributed by atoms with Crippen molar-refractivity contribution in [3.8, 4) is 0 Å². The van der Waals surface area contributed by atoms with Gasteiger partial charge in [-0.1, -0.05) is 0 Å². The summed E-state index contributed by atoms with van der Waals surface area (Å²) in [5.41, 5.74) is 3.93. The van der Waals surface area contributed by atoms with Crippen molar-refractivity contribution in [3.63, 3.8) is 0 Å². The Morgan fingerprint density at radius 3 is 2.68 bits per heavy atom. The SMILES string of the molecule is CN1C[C@H]2C[C@@H]1CN2c1ccc2ncc(/C(C=N)=C/NC3CC(CCCNC(=O)OC(C)(C)C)C3)nc2c1. The lowest BCUT2D eigenvalue weighted by molar-refractivity contribution is 0.0525. The lowest BCUT2D eigenvalue weighted by atomic mass is 9.77. The Labute approximate surface area is 225 Å². The van der Waals surface area contributed by atoms with E-state index < -0.39 is 5.60 Å². The number of carbonyl (C=O) groups excluding carboxylic acids is 1. The summed E-state index contributed by atoms with van der Waals surface area (Å²) in [5.74, 6) is 0.657. The first-order valence-corrected chi connectivity index (χ1v) is 13.9. The van der Waals surface area contributed by atoms with Gasteiger partial charge in [0.1, 0.15) is 5.60 Å². The Morgan fingerprint density at radius 1 is 1.18 bits per heavy atom. The number of nitrogens with zero attached hydrogens (tertiary/aromatic N) is 4. The Balaban J connectivity index is 1.11. The summed E-state index contributed by atoms with van der Waals surface area (Å²) in [6.07, 6.45) is 10.1. The van der Waals surface area contributed by atoms with Crippen molar-refractivity contribution in [2.75, 3.05) is 31.6 Å². The molecular weight excluding hydrogens is 478 g/mol. The second-order valence-corrected chi connectivity index (χ2v) is 12.1. The fraction of sp³-hybridized carbons (Fsp3) is 0.586. The number of benzene rings is 1. The topological polar surface area (TPSA) is 106 Å². The summed E-state index contributed by atoms with van der Waals surface area (Å²) < 4.78 is 5.27. The summed E-state index contributed by atoms with van der Waals surface area (Å²) in [7, 11) is 2.22. The standard InChI is InChI=1S/C29H41N7O2/c1-29(2,3)38-28(37)31-9-5-6-19-10-21(11-19)32-15-20(14-30)27-16-33-25-8-7-22(13-26(25)34-27)36-18-23-12-24(36)17-35(23)4/h7-8,13-16,19,21,23-24,30,32H,5-6,9-12,17-18H2,1-4H3,(H,31,37)/b20-15+,30-14?/t19?,21?,23-,24-/m1/s1. The highest BCUT2D eigenvalue weighted by atomic mass is 16.6. The number of rotatable bonds is 9. The van der Waals surface area contributed by atoms with E-state index in [2.05, 4.69) is 50.7 Å². The minimum absolute atomic E-state index is 0.348. The first kappa shape index (κ1) is 26.4. The van der Waals surface area contributed by atoms with Gasteiger partial charge in [-0.25, -0.2) is 9.78 Å². The molecule has 5 rings (SSSR count). The minimum atomic E-state index is -0.466. The Bertz CT molecular complexity index is 1200. The van der Waals surface area contributed by atoms with Crippen molar-refractivity contribution in [1.29, 1.82) is 5.41 Å². The number of aromatic nitrogens is 2. The lowest BCUT2D eigenvalue weighted by Crippen LogP contribution is -2.44. The van der Waals surface area contributed by atoms with E-state index in [9.17, 15) is 4.79 Å². The van der Waals surface area contributed by atoms with Crippen molar-refractivity contribution in [2.45, 2.75) is 76.6 Å². The molecule has 1 aromatic heterocycles. The predicted octanol–water partition coefficient (Wildman–Crippen LogP) is 4.19. The molecule has 3 N–H and O–H groups in total. The van der Waals surface area contributed by atoms with Crippen LogP contribution in [0.5, 0.6) is 0 Å². The maximum absolute atomic E-state index is 11.7. The van der Waals surface area contributed by atoms with Crippen LogP contribution in [0.1, 0.15) is 58.6 Å². The molecular formula is C29H41N7O2. The van der Waals surface area contributed by atoms with Crippen LogP contribution in [0.3, 0.4) is 0 Å². The average Bonchev–Trinajstić information content (AvgIpc) is 3.42. The number of likely N-dealkylation sites (tertiary alicyclic amines) is 1. The molecule has 1 aliphatic carbocycles. The quantitative estimate of drug-likeness (QED) is 0.337. The van der Waals surface area contributed by atoms with Crippen LogP contribution in [0.4, 0.5) is 10.5 Å². The number of piperazine rings is 1. The second-order valence-electron chi connectivity index (χ2n) is 12.1. The zero-order chi connectivity index (χ0) is 26.9. The highest BCUT2D eigenvalue weighted by molar-refractivity contribution is 6.07. The molecule has 9 heteroatoms. The number of hydrogen-bond donors (Lipinski definition) is 3. The van der Waals surface area contributed by atoms with Crippen LogP contribution >= 0.6 is 0 Å². The van der Waals surface area contributed by atoms with Gasteiger partial charge < -0.3 is 25.7 Å². The van der Waals surface area contributed by atoms with Crippen LogP contribution in [0, 0.1) is 11.3 Å². The summed E-state index contributed by atoms with van der Waals surface area (Å²) in [4.78, 5) is 26.2. The molecule has 1 saturated carbocycles. The number of carbonyl (C=O) groups is 1. The molecule has 1 amide bonds. The van der Waals surface area contributed by atoms with E-state index in [0.29, 0.717) is 36.3 Å². The van der Waals surface area contributed by atoms with Gasteiger partial charge in [-0.2, -0.15) is 0 Å². The molecule has 204 valence electrons. The van der Waals surface area contributed by atoms with Crippen molar-refractivity contribution < 1.29 is 9.53 Å². The normalized spacial score (nSPS) is 25.4. The van der Waals surface area contributed by atoms with Gasteiger partial charge >= 0.3 is 6.09 Å². The highest BCUT2D eigenvalue weighted by Crippen LogP contribution is 2.35. The predicted molar refractivity (Wildman–Crippen MR) is 152 cm³/mol. The molecule has 38 heavy (non-hydrogen) atoms. The first-order chi connectivity index (χ1) is 18.2. The maximum atomic E-state index is 11.7. The third kappa shape index (κ3) is 6.09. The van der Waals surface area contributed by atoms with Gasteiger partial charge in [0.2, 0.25) is 0 Å². The van der Waals surface area contributed by atoms with E-state index in [4.69, 9.17) is 15.1 Å². The first-order valence-electron chi connectivity index (χ1n) is 13.9. The minimum Gasteiger partial charge on any atom is -0.444 e. The number of ether oxygens (including phenoxy) is 1. The monoisotopic (exact) mass is 519 g/mol. The number of hydrogen-bond acceptors (Lipinski definition) is 8. The Hall–Kier alpha value is -3.20. The second kappa shape index (κ2) is 10.9. The van der Waals surface area contributed by atoms with E-state index in [1.807, 2.05) is 27.0 Å². The molecule has 2 saturated heterocycles. The van der Waals surface area contributed by atoms with E-state index >= 15 is 0 Å². The van der Waals surface area contributed by atoms with E-state index in [1.54, 1.807) is 6.20 Å². The molecule has 2 bridgehead atoms. The molecule has 0 radical (unpaired) electrons. The molecule has 3 aliphatic rings. The Morgan fingerprint density at radius 2 is 2.00 bits per heavy atom. The number of anilines is 1. The van der Waals surface area contributed by atoms with Gasteiger partial charge in [-0.15, -0.1) is 0 Å². The average molecular weight is 520 g/mol. The number of alkyl carbamates (subject to hydrolysis) is 1. The van der Waals surface area contributed by atoms with Crippen LogP contribution in [0.25, 0.3) is 16.6 Å². The number of likely N-dealkylation sites (N-methyl/N-ethyl adjacent to an activating group) is 1. The molecule has 2 atom stereocenters. The van der Waals surface area contributed by atoms with Crippen LogP contribution in [0.2, 0.25) is 0 Å². The molecule has 0 unspecified atom stereocenters. The lowest BCUT2D eigenvalue weighted by Gasteiger charge is -2.35. The van der Waals surface area contributed by atoms with E-state index in [-0.39, 0.29) is 6.09 Å². The summed E-state index contributed by atoms with van der Waals surface area (Å²) in [6.45, 7) is 8.42. The molecule has 2 aliphatic heterocycles. The third-order valence-corrected chi connectivity index (χ3v) is 7.99. The van der Waals surface area contributed by atoms with Crippen molar-refractivity contribution >= 4 is 34.6 Å². The van der Waals surface area contributed by atoms with Crippen molar-refractivity contribution in [1.82, 2.24) is 25.5 Å². The summed E-state index contributed by atoms with van der Waals surface area (Å²) >= 11 is 0. The zero-order valence-corrected chi connectivity index (χ0v) is 23.0. The van der Waals surface area contributed by atoms with E-state index in [1.165, 1.54) is 18.3 Å². The summed E-state index contributed by atoms with van der Waals surface area (Å²) in [5, 5.41) is 14.3. The number of allylic oxidation sites excluding steroid dienone is 1. The van der Waals surface area contributed by atoms with E-state index in [0.717, 1.165) is 55.4 Å². The van der Waals surface area contributed by atoms with Gasteiger partial charge in [-0.05, 0) is 84.0 Å². The molecule has 3 heterocycles. The summed E-state index contributed by atoms with van der Waals surface area (Å²) in [6, 6.07) is 7.99. The van der Waals surface area contributed by atoms with Crippen molar-refractivity contribution in [3.05, 3.63) is 36.3 Å². The fourth-order valence-electron chi connectivity index (χ4n) is 5.90. The Kier molecular flexibility index (Phi) is 7.56. The maximum Gasteiger partial charge on any atom is 0.407 e. The van der Waals surface area contributed by atoms with Gasteiger partial charge in [0.25, 0.3) is 0 Å². The molecule has 3 fully saturated rings. The third-order valence-electron chi connectivity index (χ3n) is 7.99. The number of fused-ring (bicyclic) bond motifs is 3. The van der Waals surface area contributed by atoms with Crippen molar-refractivity contribution in [2.24, 2.45) is 5.92 Å². The zero-order valence-electron chi connectivity index (χ0n) is 23.0.